The van der Waals surface area contributed by atoms with E-state index < -0.39 is 0 Å². The highest BCUT2D eigenvalue weighted by atomic mass is 127. The predicted octanol–water partition coefficient (Wildman–Crippen LogP) is 7.09. The van der Waals surface area contributed by atoms with Crippen LogP contribution in [0.15, 0.2) is 54.6 Å². The van der Waals surface area contributed by atoms with Gasteiger partial charge in [-0.1, -0.05) is 47.5 Å². The van der Waals surface area contributed by atoms with E-state index in [9.17, 15) is 4.79 Å². The summed E-state index contributed by atoms with van der Waals surface area (Å²) in [6.07, 6.45) is 1.90. The highest BCUT2D eigenvalue weighted by Gasteiger charge is 2.30. The largest absolute Gasteiger partial charge is 0.493 e. The van der Waals surface area contributed by atoms with Gasteiger partial charge in [0.25, 0.3) is 5.91 Å². The Labute approximate surface area is 210 Å². The van der Waals surface area contributed by atoms with Crippen LogP contribution in [0.3, 0.4) is 0 Å². The minimum absolute atomic E-state index is 0.000354. The number of hydrogen-bond donors (Lipinski definition) is 0. The Bertz CT molecular complexity index is 1230. The molecule has 1 aliphatic heterocycles. The third kappa shape index (κ3) is 4.47. The topological polar surface area (TPSA) is 38.8 Å². The third-order valence-corrected chi connectivity index (χ3v) is 6.61. The summed E-state index contributed by atoms with van der Waals surface area (Å²) >= 11 is 14.5. The number of para-hydroxylation sites is 1. The van der Waals surface area contributed by atoms with Gasteiger partial charge in [-0.05, 0) is 71.5 Å². The molecule has 7 heteroatoms. The molecule has 0 aliphatic carbocycles. The van der Waals surface area contributed by atoms with Crippen LogP contribution in [0.2, 0.25) is 10.0 Å². The predicted molar refractivity (Wildman–Crippen MR) is 139 cm³/mol. The van der Waals surface area contributed by atoms with E-state index >= 15 is 0 Å². The molecule has 1 aliphatic rings. The van der Waals surface area contributed by atoms with Crippen molar-refractivity contribution in [2.45, 2.75) is 13.5 Å². The number of carbonyl (C=O) groups excluding carboxylic acids is 1. The van der Waals surface area contributed by atoms with Crippen LogP contribution in [0, 0.1) is 3.57 Å². The molecule has 0 unspecified atom stereocenters. The summed E-state index contributed by atoms with van der Waals surface area (Å²) in [4.78, 5) is 14.8. The first-order chi connectivity index (χ1) is 15.4. The lowest BCUT2D eigenvalue weighted by Gasteiger charge is -2.15. The Morgan fingerprint density at radius 3 is 2.59 bits per heavy atom. The number of methoxy groups -OCH3 is 1. The summed E-state index contributed by atoms with van der Waals surface area (Å²) in [5.74, 6) is 1.20. The van der Waals surface area contributed by atoms with Gasteiger partial charge < -0.3 is 14.4 Å². The van der Waals surface area contributed by atoms with E-state index in [1.54, 1.807) is 24.1 Å². The van der Waals surface area contributed by atoms with Crippen molar-refractivity contribution in [3.63, 3.8) is 0 Å². The second kappa shape index (κ2) is 9.73. The molecule has 0 bridgehead atoms. The quantitative estimate of drug-likeness (QED) is 0.231. The zero-order chi connectivity index (χ0) is 22.8. The SMILES string of the molecule is CCN1C(=O)/C(=C\c2cc(I)c(OCc3ccc(Cl)cc3Cl)c(OC)c2)c2ccccc21. The number of likely N-dealkylation sites (N-methyl/N-ethyl adjacent to an activating group) is 1. The number of hydrogen-bond acceptors (Lipinski definition) is 3. The second-order valence-electron chi connectivity index (χ2n) is 7.18. The van der Waals surface area contributed by atoms with E-state index in [-0.39, 0.29) is 12.5 Å². The molecular formula is C25H20Cl2INO3. The number of amides is 1. The summed E-state index contributed by atoms with van der Waals surface area (Å²) in [5, 5.41) is 1.12. The number of fused-ring (bicyclic) bond motifs is 1. The first-order valence-electron chi connectivity index (χ1n) is 10.00. The van der Waals surface area contributed by atoms with Gasteiger partial charge in [-0.15, -0.1) is 0 Å². The average molecular weight is 580 g/mol. The Hall–Kier alpha value is -2.22. The van der Waals surface area contributed by atoms with E-state index in [4.69, 9.17) is 32.7 Å². The third-order valence-electron chi connectivity index (χ3n) is 5.23. The molecule has 4 rings (SSSR count). The van der Waals surface area contributed by atoms with Gasteiger partial charge in [0.15, 0.2) is 11.5 Å². The smallest absolute Gasteiger partial charge is 0.258 e. The number of nitrogens with zero attached hydrogens (tertiary/aromatic N) is 1. The minimum Gasteiger partial charge on any atom is -0.493 e. The molecule has 32 heavy (non-hydrogen) atoms. The van der Waals surface area contributed by atoms with E-state index in [1.807, 2.05) is 55.5 Å². The van der Waals surface area contributed by atoms with Crippen LogP contribution in [-0.4, -0.2) is 19.6 Å². The fourth-order valence-electron chi connectivity index (χ4n) is 3.68. The Kier molecular flexibility index (Phi) is 6.98. The minimum atomic E-state index is 0.000354. The molecule has 4 nitrogen and oxygen atoms in total. The van der Waals surface area contributed by atoms with Crippen molar-refractivity contribution in [2.75, 3.05) is 18.6 Å². The van der Waals surface area contributed by atoms with Crippen molar-refractivity contribution in [3.8, 4) is 11.5 Å². The van der Waals surface area contributed by atoms with Gasteiger partial charge in [-0.2, -0.15) is 0 Å². The molecule has 0 aromatic heterocycles. The highest BCUT2D eigenvalue weighted by molar-refractivity contribution is 14.1. The Morgan fingerprint density at radius 1 is 1.09 bits per heavy atom. The Balaban J connectivity index is 1.66. The fourth-order valence-corrected chi connectivity index (χ4v) is 4.92. The molecule has 0 spiro atoms. The van der Waals surface area contributed by atoms with Crippen LogP contribution >= 0.6 is 45.8 Å². The van der Waals surface area contributed by atoms with Crippen LogP contribution in [0.4, 0.5) is 5.69 Å². The van der Waals surface area contributed by atoms with Crippen LogP contribution in [0.1, 0.15) is 23.6 Å². The maximum atomic E-state index is 13.0. The Morgan fingerprint density at radius 2 is 1.88 bits per heavy atom. The summed E-state index contributed by atoms with van der Waals surface area (Å²) in [5.41, 5.74) is 4.23. The van der Waals surface area contributed by atoms with Crippen LogP contribution < -0.4 is 14.4 Å². The summed E-state index contributed by atoms with van der Waals surface area (Å²) in [6, 6.07) is 17.0. The number of carbonyl (C=O) groups is 1. The van der Waals surface area contributed by atoms with Gasteiger partial charge in [-0.3, -0.25) is 4.79 Å². The van der Waals surface area contributed by atoms with Gasteiger partial charge in [0.1, 0.15) is 6.61 Å². The molecule has 0 N–H and O–H groups in total. The number of rotatable bonds is 6. The van der Waals surface area contributed by atoms with Gasteiger partial charge >= 0.3 is 0 Å². The lowest BCUT2D eigenvalue weighted by Crippen LogP contribution is -2.25. The zero-order valence-corrected chi connectivity index (χ0v) is 21.2. The van der Waals surface area contributed by atoms with Gasteiger partial charge in [0.2, 0.25) is 0 Å². The standard InChI is InChI=1S/C25H20Cl2INO3/c1-3-29-22-7-5-4-6-18(22)19(25(29)30)10-15-11-21(28)24(23(12-15)31-2)32-14-16-8-9-17(26)13-20(16)27/h4-13H,3,14H2,1-2H3/b19-10-. The van der Waals surface area contributed by atoms with Gasteiger partial charge in [-0.25, -0.2) is 0 Å². The number of benzene rings is 3. The molecule has 1 heterocycles. The second-order valence-corrected chi connectivity index (χ2v) is 9.19. The molecule has 0 radical (unpaired) electrons. The van der Waals surface area contributed by atoms with Crippen molar-refractivity contribution in [3.05, 3.63) is 84.9 Å². The first-order valence-corrected chi connectivity index (χ1v) is 11.8. The van der Waals surface area contributed by atoms with E-state index in [0.717, 1.165) is 25.9 Å². The van der Waals surface area contributed by atoms with E-state index in [0.29, 0.717) is 33.7 Å². The average Bonchev–Trinajstić information content (AvgIpc) is 3.04. The van der Waals surface area contributed by atoms with Crippen LogP contribution in [0.5, 0.6) is 11.5 Å². The molecular weight excluding hydrogens is 560 g/mol. The molecule has 3 aromatic rings. The normalized spacial score (nSPS) is 14.1. The number of ether oxygens (including phenoxy) is 2. The van der Waals surface area contributed by atoms with Crippen molar-refractivity contribution >= 4 is 69.0 Å². The highest BCUT2D eigenvalue weighted by Crippen LogP contribution is 2.40. The van der Waals surface area contributed by atoms with Crippen LogP contribution in [0.25, 0.3) is 11.6 Å². The summed E-state index contributed by atoms with van der Waals surface area (Å²) in [6.45, 7) is 2.87. The van der Waals surface area contributed by atoms with E-state index in [1.165, 1.54) is 0 Å². The van der Waals surface area contributed by atoms with E-state index in [2.05, 4.69) is 22.6 Å². The first kappa shape index (κ1) is 23.0. The molecule has 3 aromatic carbocycles. The lowest BCUT2D eigenvalue weighted by molar-refractivity contribution is -0.112. The van der Waals surface area contributed by atoms with Crippen molar-refractivity contribution < 1.29 is 14.3 Å². The molecule has 1 amide bonds. The van der Waals surface area contributed by atoms with Gasteiger partial charge in [0.05, 0.1) is 16.4 Å². The number of halogens is 3. The molecule has 164 valence electrons. The van der Waals surface area contributed by atoms with Gasteiger partial charge in [0, 0.05) is 33.3 Å². The summed E-state index contributed by atoms with van der Waals surface area (Å²) < 4.78 is 12.5. The van der Waals surface area contributed by atoms with Crippen molar-refractivity contribution in [1.82, 2.24) is 0 Å². The zero-order valence-electron chi connectivity index (χ0n) is 17.5. The maximum absolute atomic E-state index is 13.0. The van der Waals surface area contributed by atoms with Crippen molar-refractivity contribution in [1.29, 1.82) is 0 Å². The lowest BCUT2D eigenvalue weighted by atomic mass is 10.0. The van der Waals surface area contributed by atoms with Crippen molar-refractivity contribution in [2.24, 2.45) is 0 Å². The molecule has 0 saturated heterocycles. The monoisotopic (exact) mass is 579 g/mol. The summed E-state index contributed by atoms with van der Waals surface area (Å²) in [7, 11) is 1.60. The molecule has 0 fully saturated rings. The fraction of sp³-hybridized carbons (Fsp3) is 0.160. The van der Waals surface area contributed by atoms with Crippen LogP contribution in [-0.2, 0) is 11.4 Å². The molecule has 0 saturated carbocycles. The maximum Gasteiger partial charge on any atom is 0.258 e. The molecule has 0 atom stereocenters. The number of anilines is 1.